The summed E-state index contributed by atoms with van der Waals surface area (Å²) < 4.78 is 0. The Kier molecular flexibility index (Phi) is 5.66. The van der Waals surface area contributed by atoms with Gasteiger partial charge in [-0.2, -0.15) is 0 Å². The monoisotopic (exact) mass is 211 g/mol. The third kappa shape index (κ3) is 5.01. The molecule has 2 N–H and O–H groups in total. The normalized spacial score (nSPS) is 35.4. The maximum absolute atomic E-state index is 6.18. The molecule has 1 heteroatoms. The van der Waals surface area contributed by atoms with Gasteiger partial charge < -0.3 is 5.73 Å². The smallest absolute Gasteiger partial charge is 0.00414 e. The fourth-order valence-corrected chi connectivity index (χ4v) is 2.89. The van der Waals surface area contributed by atoms with Crippen molar-refractivity contribution in [3.05, 3.63) is 0 Å². The van der Waals surface area contributed by atoms with Gasteiger partial charge in [0.05, 0.1) is 0 Å². The van der Waals surface area contributed by atoms with Crippen LogP contribution in [0.2, 0.25) is 0 Å². The van der Waals surface area contributed by atoms with Crippen LogP contribution in [0, 0.1) is 17.8 Å². The molecule has 0 spiro atoms. The molecule has 0 amide bonds. The van der Waals surface area contributed by atoms with Gasteiger partial charge in [0, 0.05) is 6.04 Å². The van der Waals surface area contributed by atoms with Crippen LogP contribution in [0.4, 0.5) is 0 Å². The summed E-state index contributed by atoms with van der Waals surface area (Å²) in [6.07, 6.45) is 9.50. The Balaban J connectivity index is 2.42. The SMILES string of the molecule is CC1CCCCC(C(C)C)CCC(N)C1. The Morgan fingerprint density at radius 1 is 1.00 bits per heavy atom. The molecule has 0 heterocycles. The summed E-state index contributed by atoms with van der Waals surface area (Å²) in [4.78, 5) is 0. The Morgan fingerprint density at radius 2 is 1.67 bits per heavy atom. The summed E-state index contributed by atoms with van der Waals surface area (Å²) >= 11 is 0. The van der Waals surface area contributed by atoms with Gasteiger partial charge in [-0.05, 0) is 37.0 Å². The van der Waals surface area contributed by atoms with E-state index >= 15 is 0 Å². The van der Waals surface area contributed by atoms with Crippen LogP contribution >= 0.6 is 0 Å². The number of rotatable bonds is 1. The van der Waals surface area contributed by atoms with E-state index in [1.807, 2.05) is 0 Å². The van der Waals surface area contributed by atoms with Gasteiger partial charge in [0.25, 0.3) is 0 Å². The van der Waals surface area contributed by atoms with Crippen molar-refractivity contribution >= 4 is 0 Å². The van der Waals surface area contributed by atoms with Crippen molar-refractivity contribution in [1.82, 2.24) is 0 Å². The molecule has 15 heavy (non-hydrogen) atoms. The summed E-state index contributed by atoms with van der Waals surface area (Å²) in [7, 11) is 0. The molecule has 1 fully saturated rings. The Labute approximate surface area is 95.8 Å². The maximum atomic E-state index is 6.18. The molecular weight excluding hydrogens is 182 g/mol. The molecule has 1 nitrogen and oxygen atoms in total. The molecule has 0 aromatic heterocycles. The summed E-state index contributed by atoms with van der Waals surface area (Å²) in [6.45, 7) is 7.09. The summed E-state index contributed by atoms with van der Waals surface area (Å²) in [5.74, 6) is 2.61. The zero-order chi connectivity index (χ0) is 11.3. The van der Waals surface area contributed by atoms with Crippen molar-refractivity contribution in [3.8, 4) is 0 Å². The number of nitrogens with two attached hydrogens (primary N) is 1. The van der Waals surface area contributed by atoms with Crippen LogP contribution in [0.1, 0.15) is 65.7 Å². The fraction of sp³-hybridized carbons (Fsp3) is 1.00. The van der Waals surface area contributed by atoms with E-state index in [9.17, 15) is 0 Å². The van der Waals surface area contributed by atoms with Crippen molar-refractivity contribution in [1.29, 1.82) is 0 Å². The van der Waals surface area contributed by atoms with Crippen LogP contribution < -0.4 is 5.73 Å². The average Bonchev–Trinajstić information content (AvgIpc) is 2.15. The molecule has 3 unspecified atom stereocenters. The highest BCUT2D eigenvalue weighted by molar-refractivity contribution is 4.72. The van der Waals surface area contributed by atoms with Gasteiger partial charge >= 0.3 is 0 Å². The lowest BCUT2D eigenvalue weighted by atomic mass is 9.82. The largest absolute Gasteiger partial charge is 0.328 e. The summed E-state index contributed by atoms with van der Waals surface area (Å²) in [5.41, 5.74) is 6.18. The van der Waals surface area contributed by atoms with Gasteiger partial charge in [-0.3, -0.25) is 0 Å². The zero-order valence-electron chi connectivity index (χ0n) is 10.8. The lowest BCUT2D eigenvalue weighted by molar-refractivity contribution is 0.280. The summed E-state index contributed by atoms with van der Waals surface area (Å²) in [5, 5.41) is 0. The number of hydrogen-bond donors (Lipinski definition) is 1. The van der Waals surface area contributed by atoms with Crippen LogP contribution in [0.15, 0.2) is 0 Å². The lowest BCUT2D eigenvalue weighted by Gasteiger charge is -2.26. The highest BCUT2D eigenvalue weighted by Crippen LogP contribution is 2.28. The molecule has 0 saturated heterocycles. The van der Waals surface area contributed by atoms with E-state index in [2.05, 4.69) is 20.8 Å². The highest BCUT2D eigenvalue weighted by atomic mass is 14.6. The van der Waals surface area contributed by atoms with E-state index in [4.69, 9.17) is 5.73 Å². The van der Waals surface area contributed by atoms with Crippen molar-refractivity contribution in [2.75, 3.05) is 0 Å². The van der Waals surface area contributed by atoms with Gasteiger partial charge in [0.1, 0.15) is 0 Å². The molecule has 90 valence electrons. The van der Waals surface area contributed by atoms with E-state index in [0.29, 0.717) is 6.04 Å². The molecule has 1 aliphatic carbocycles. The molecule has 1 rings (SSSR count). The van der Waals surface area contributed by atoms with Crippen LogP contribution in [0.25, 0.3) is 0 Å². The molecule has 1 saturated carbocycles. The van der Waals surface area contributed by atoms with Crippen molar-refractivity contribution in [3.63, 3.8) is 0 Å². The second kappa shape index (κ2) is 6.52. The molecule has 0 bridgehead atoms. The minimum atomic E-state index is 0.458. The molecule has 0 aromatic rings. The topological polar surface area (TPSA) is 26.0 Å². The standard InChI is InChI=1S/C14H29N/c1-11(2)13-7-5-4-6-12(3)10-14(15)9-8-13/h11-14H,4-10,15H2,1-3H3. The van der Waals surface area contributed by atoms with Crippen molar-refractivity contribution in [2.24, 2.45) is 23.5 Å². The van der Waals surface area contributed by atoms with Crippen LogP contribution in [0.3, 0.4) is 0 Å². The molecule has 3 atom stereocenters. The van der Waals surface area contributed by atoms with Gasteiger partial charge in [-0.25, -0.2) is 0 Å². The van der Waals surface area contributed by atoms with E-state index < -0.39 is 0 Å². The predicted molar refractivity (Wildman–Crippen MR) is 67.8 cm³/mol. The van der Waals surface area contributed by atoms with Gasteiger partial charge in [0.15, 0.2) is 0 Å². The van der Waals surface area contributed by atoms with Gasteiger partial charge in [-0.1, -0.05) is 46.5 Å². The minimum Gasteiger partial charge on any atom is -0.328 e. The molecule has 0 aliphatic heterocycles. The maximum Gasteiger partial charge on any atom is 0.00414 e. The van der Waals surface area contributed by atoms with Gasteiger partial charge in [-0.15, -0.1) is 0 Å². The molecule has 1 aliphatic rings. The van der Waals surface area contributed by atoms with E-state index in [-0.39, 0.29) is 0 Å². The quantitative estimate of drug-likeness (QED) is 0.698. The van der Waals surface area contributed by atoms with Crippen LogP contribution in [-0.4, -0.2) is 6.04 Å². The Hall–Kier alpha value is -0.0400. The first-order chi connectivity index (χ1) is 7.09. The van der Waals surface area contributed by atoms with Crippen molar-refractivity contribution in [2.45, 2.75) is 71.8 Å². The Bertz CT molecular complexity index is 165. The first-order valence-corrected chi connectivity index (χ1v) is 6.85. The summed E-state index contributed by atoms with van der Waals surface area (Å²) in [6, 6.07) is 0.458. The number of hydrogen-bond acceptors (Lipinski definition) is 1. The second-order valence-corrected chi connectivity index (χ2v) is 5.97. The molecule has 0 radical (unpaired) electrons. The second-order valence-electron chi connectivity index (χ2n) is 5.97. The fourth-order valence-electron chi connectivity index (χ4n) is 2.89. The first-order valence-electron chi connectivity index (χ1n) is 6.85. The van der Waals surface area contributed by atoms with Gasteiger partial charge in [0.2, 0.25) is 0 Å². The van der Waals surface area contributed by atoms with Crippen LogP contribution in [0.5, 0.6) is 0 Å². The predicted octanol–water partition coefficient (Wildman–Crippen LogP) is 3.97. The molecular formula is C14H29N. The molecule has 0 aromatic carbocycles. The van der Waals surface area contributed by atoms with Crippen LogP contribution in [-0.2, 0) is 0 Å². The lowest BCUT2D eigenvalue weighted by Crippen LogP contribution is -2.25. The third-order valence-corrected chi connectivity index (χ3v) is 4.08. The third-order valence-electron chi connectivity index (χ3n) is 4.08. The van der Waals surface area contributed by atoms with E-state index in [0.717, 1.165) is 17.8 Å². The Morgan fingerprint density at radius 3 is 2.33 bits per heavy atom. The first kappa shape index (κ1) is 13.0. The minimum absolute atomic E-state index is 0.458. The average molecular weight is 211 g/mol. The highest BCUT2D eigenvalue weighted by Gasteiger charge is 2.18. The van der Waals surface area contributed by atoms with E-state index in [1.165, 1.54) is 44.9 Å². The zero-order valence-corrected chi connectivity index (χ0v) is 10.8. The van der Waals surface area contributed by atoms with E-state index in [1.54, 1.807) is 0 Å². The van der Waals surface area contributed by atoms with Crippen molar-refractivity contribution < 1.29 is 0 Å².